The Balaban J connectivity index is 1.57. The molecule has 4 nitrogen and oxygen atoms in total. The van der Waals surface area contributed by atoms with Gasteiger partial charge in [0, 0.05) is 0 Å². The molecule has 32 heavy (non-hydrogen) atoms. The van der Waals surface area contributed by atoms with E-state index in [1.54, 1.807) is 24.3 Å². The number of hydrogen-bond acceptors (Lipinski definition) is 3. The van der Waals surface area contributed by atoms with E-state index in [1.807, 2.05) is 55.5 Å². The molecule has 0 unspecified atom stereocenters. The molecular weight excluding hydrogens is 445 g/mol. The summed E-state index contributed by atoms with van der Waals surface area (Å²) in [5.41, 5.74) is 3.68. The first-order chi connectivity index (χ1) is 15.4. The molecule has 160 valence electrons. The Labute approximate surface area is 195 Å². The van der Waals surface area contributed by atoms with Crippen LogP contribution in [0.25, 0.3) is 0 Å². The van der Waals surface area contributed by atoms with Crippen LogP contribution >= 0.6 is 23.2 Å². The predicted molar refractivity (Wildman–Crippen MR) is 123 cm³/mol. The van der Waals surface area contributed by atoms with E-state index in [0.29, 0.717) is 18.0 Å². The molecule has 2 amide bonds. The van der Waals surface area contributed by atoms with Crippen LogP contribution in [0.3, 0.4) is 0 Å². The number of halogens is 2. The number of benzene rings is 3. The fourth-order valence-corrected chi connectivity index (χ4v) is 6.88. The predicted octanol–water partition coefficient (Wildman–Crippen LogP) is 5.18. The van der Waals surface area contributed by atoms with Crippen LogP contribution in [0.1, 0.15) is 29.2 Å². The van der Waals surface area contributed by atoms with Gasteiger partial charge in [-0.25, -0.2) is 4.90 Å². The molecular formula is C26H19Cl2NO3. The lowest BCUT2D eigenvalue weighted by atomic mass is 9.54. The molecule has 1 aliphatic heterocycles. The zero-order valence-electron chi connectivity index (χ0n) is 17.2. The van der Waals surface area contributed by atoms with Crippen molar-refractivity contribution in [1.82, 2.24) is 0 Å². The zero-order chi connectivity index (χ0) is 22.3. The van der Waals surface area contributed by atoms with E-state index >= 15 is 0 Å². The third kappa shape index (κ3) is 2.19. The Kier molecular flexibility index (Phi) is 4.09. The fraction of sp³-hybridized carbons (Fsp3) is 0.231. The van der Waals surface area contributed by atoms with Crippen LogP contribution in [-0.4, -0.2) is 18.4 Å². The number of amides is 2. The van der Waals surface area contributed by atoms with Crippen molar-refractivity contribution in [2.24, 2.45) is 11.8 Å². The van der Waals surface area contributed by atoms with E-state index in [-0.39, 0.29) is 11.8 Å². The molecule has 4 aliphatic rings. The van der Waals surface area contributed by atoms with Crippen molar-refractivity contribution in [3.05, 3.63) is 95.1 Å². The average Bonchev–Trinajstić information content (AvgIpc) is 3.09. The summed E-state index contributed by atoms with van der Waals surface area (Å²) in [5, 5.41) is 0. The van der Waals surface area contributed by atoms with Crippen LogP contribution in [0.15, 0.2) is 72.8 Å². The molecule has 2 bridgehead atoms. The van der Waals surface area contributed by atoms with Crippen molar-refractivity contribution in [2.75, 3.05) is 11.5 Å². The van der Waals surface area contributed by atoms with Gasteiger partial charge in [0.15, 0.2) is 0 Å². The Morgan fingerprint density at radius 1 is 0.750 bits per heavy atom. The van der Waals surface area contributed by atoms with E-state index in [4.69, 9.17) is 27.9 Å². The zero-order valence-corrected chi connectivity index (χ0v) is 18.7. The maximum absolute atomic E-state index is 13.8. The molecule has 2 atom stereocenters. The maximum Gasteiger partial charge on any atom is 0.240 e. The van der Waals surface area contributed by atoms with Gasteiger partial charge in [-0.05, 0) is 53.4 Å². The highest BCUT2D eigenvalue weighted by Crippen LogP contribution is 2.69. The van der Waals surface area contributed by atoms with Gasteiger partial charge in [0.1, 0.15) is 15.5 Å². The van der Waals surface area contributed by atoms with Gasteiger partial charge in [0.2, 0.25) is 11.8 Å². The SMILES string of the molecule is CCOc1ccc(N2C(=O)[C@@H]3[C@H](C2=O)C2(Cl)c4ccccc4C3(Cl)c3ccccc32)cc1. The lowest BCUT2D eigenvalue weighted by Gasteiger charge is -2.54. The Bertz CT molecular complexity index is 1160. The molecule has 3 aromatic carbocycles. The minimum atomic E-state index is -1.17. The number of rotatable bonds is 3. The monoisotopic (exact) mass is 463 g/mol. The second-order valence-electron chi connectivity index (χ2n) is 8.41. The van der Waals surface area contributed by atoms with Gasteiger partial charge >= 0.3 is 0 Å². The van der Waals surface area contributed by atoms with Gasteiger partial charge in [-0.1, -0.05) is 48.5 Å². The van der Waals surface area contributed by atoms with Crippen LogP contribution in [0.5, 0.6) is 5.75 Å². The first-order valence-electron chi connectivity index (χ1n) is 10.6. The van der Waals surface area contributed by atoms with Crippen LogP contribution in [-0.2, 0) is 19.3 Å². The highest BCUT2D eigenvalue weighted by atomic mass is 35.5. The lowest BCUT2D eigenvalue weighted by Crippen LogP contribution is -2.57. The second-order valence-corrected chi connectivity index (χ2v) is 9.60. The van der Waals surface area contributed by atoms with Gasteiger partial charge in [-0.2, -0.15) is 0 Å². The first-order valence-corrected chi connectivity index (χ1v) is 11.4. The number of ether oxygens (including phenoxy) is 1. The number of carbonyl (C=O) groups is 2. The first kappa shape index (κ1) is 19.8. The van der Waals surface area contributed by atoms with Crippen LogP contribution in [0.2, 0.25) is 0 Å². The van der Waals surface area contributed by atoms with Crippen LogP contribution in [0.4, 0.5) is 5.69 Å². The lowest BCUT2D eigenvalue weighted by molar-refractivity contribution is -0.122. The summed E-state index contributed by atoms with van der Waals surface area (Å²) in [5.74, 6) is -1.58. The van der Waals surface area contributed by atoms with Crippen molar-refractivity contribution in [2.45, 2.75) is 16.7 Å². The van der Waals surface area contributed by atoms with E-state index < -0.39 is 21.6 Å². The molecule has 7 rings (SSSR count). The normalized spacial score (nSPS) is 29.5. The van der Waals surface area contributed by atoms with Crippen LogP contribution in [0, 0.1) is 11.8 Å². The summed E-state index contributed by atoms with van der Waals surface area (Å²) in [6.45, 7) is 2.43. The molecule has 0 radical (unpaired) electrons. The fourth-order valence-electron chi connectivity index (χ4n) is 5.78. The standard InChI is InChI=1S/C26H19Cl2NO3/c1-2-32-16-13-11-15(12-14-16)29-23(30)21-22(24(29)31)26(28)18-8-4-3-7-17(18)25(21,27)19-9-5-6-10-20(19)26/h3-14,21-22H,2H2,1H3/t21-,22+,25?,26?. The number of carbonyl (C=O) groups excluding carboxylic acids is 2. The van der Waals surface area contributed by atoms with Crippen molar-refractivity contribution in [3.63, 3.8) is 0 Å². The molecule has 3 aliphatic carbocycles. The Morgan fingerprint density at radius 2 is 1.16 bits per heavy atom. The van der Waals surface area contributed by atoms with E-state index in [0.717, 1.165) is 22.3 Å². The molecule has 0 spiro atoms. The molecule has 3 aromatic rings. The topological polar surface area (TPSA) is 46.6 Å². The third-order valence-corrected chi connectivity index (χ3v) is 8.28. The quantitative estimate of drug-likeness (QED) is 0.396. The molecule has 1 saturated heterocycles. The second kappa shape index (κ2) is 6.60. The summed E-state index contributed by atoms with van der Waals surface area (Å²) in [6.07, 6.45) is 0. The van der Waals surface area contributed by atoms with E-state index in [9.17, 15) is 9.59 Å². The van der Waals surface area contributed by atoms with Crippen molar-refractivity contribution < 1.29 is 14.3 Å². The van der Waals surface area contributed by atoms with Gasteiger partial charge in [-0.3, -0.25) is 9.59 Å². The summed E-state index contributed by atoms with van der Waals surface area (Å²) in [4.78, 5) is 26.6. The average molecular weight is 464 g/mol. The summed E-state index contributed by atoms with van der Waals surface area (Å²) < 4.78 is 5.50. The van der Waals surface area contributed by atoms with E-state index in [1.165, 1.54) is 4.90 Å². The third-order valence-electron chi connectivity index (χ3n) is 6.99. The molecule has 0 N–H and O–H groups in total. The van der Waals surface area contributed by atoms with E-state index in [2.05, 4.69) is 0 Å². The molecule has 6 heteroatoms. The summed E-state index contributed by atoms with van der Waals surface area (Å²) in [6, 6.07) is 22.2. The van der Waals surface area contributed by atoms with Gasteiger partial charge in [-0.15, -0.1) is 23.2 Å². The number of nitrogens with zero attached hydrogens (tertiary/aromatic N) is 1. The minimum Gasteiger partial charge on any atom is -0.494 e. The maximum atomic E-state index is 13.8. The van der Waals surface area contributed by atoms with Crippen molar-refractivity contribution in [3.8, 4) is 5.75 Å². The largest absolute Gasteiger partial charge is 0.494 e. The summed E-state index contributed by atoms with van der Waals surface area (Å²) >= 11 is 14.8. The molecule has 1 heterocycles. The van der Waals surface area contributed by atoms with Crippen LogP contribution < -0.4 is 9.64 Å². The van der Waals surface area contributed by atoms with Crippen molar-refractivity contribution >= 4 is 40.7 Å². The number of imide groups is 1. The molecule has 0 aromatic heterocycles. The molecule has 1 fully saturated rings. The number of alkyl halides is 2. The Hall–Kier alpha value is -2.82. The summed E-state index contributed by atoms with van der Waals surface area (Å²) in [7, 11) is 0. The highest BCUT2D eigenvalue weighted by molar-refractivity contribution is 6.38. The minimum absolute atomic E-state index is 0.326. The number of anilines is 1. The van der Waals surface area contributed by atoms with Gasteiger partial charge in [0.25, 0.3) is 0 Å². The molecule has 0 saturated carbocycles. The highest BCUT2D eigenvalue weighted by Gasteiger charge is 2.73. The van der Waals surface area contributed by atoms with Gasteiger partial charge in [0.05, 0.1) is 24.1 Å². The number of hydrogen-bond donors (Lipinski definition) is 0. The Morgan fingerprint density at radius 3 is 1.53 bits per heavy atom. The smallest absolute Gasteiger partial charge is 0.240 e. The van der Waals surface area contributed by atoms with Gasteiger partial charge < -0.3 is 4.74 Å². The van der Waals surface area contributed by atoms with Crippen molar-refractivity contribution in [1.29, 1.82) is 0 Å².